The molecule has 2 aliphatic rings. The van der Waals surface area contributed by atoms with Crippen LogP contribution < -0.4 is 15.2 Å². The van der Waals surface area contributed by atoms with Crippen molar-refractivity contribution < 1.29 is 22.3 Å². The first kappa shape index (κ1) is 21.4. The van der Waals surface area contributed by atoms with Gasteiger partial charge in [0.1, 0.15) is 6.10 Å². The van der Waals surface area contributed by atoms with E-state index in [0.29, 0.717) is 38.9 Å². The number of nitrogens with one attached hydrogen (secondary N) is 1. The van der Waals surface area contributed by atoms with E-state index in [0.717, 1.165) is 18.9 Å². The third-order valence-electron chi connectivity index (χ3n) is 4.77. The van der Waals surface area contributed by atoms with Crippen LogP contribution in [0.1, 0.15) is 38.5 Å². The summed E-state index contributed by atoms with van der Waals surface area (Å²) in [5.74, 6) is -0.588. The highest BCUT2D eigenvalue weighted by molar-refractivity contribution is 7.89. The van der Waals surface area contributed by atoms with Crippen molar-refractivity contribution in [3.63, 3.8) is 0 Å². The minimum Gasteiger partial charge on any atom is -0.487 e. The molecule has 0 spiro atoms. The first-order valence-corrected chi connectivity index (χ1v) is 10.2. The van der Waals surface area contributed by atoms with Crippen LogP contribution in [0.15, 0.2) is 23.1 Å². The van der Waals surface area contributed by atoms with Crippen LogP contribution in [0, 0.1) is 5.82 Å². The van der Waals surface area contributed by atoms with Gasteiger partial charge in [-0.3, -0.25) is 0 Å². The van der Waals surface area contributed by atoms with E-state index in [2.05, 4.69) is 4.72 Å². The zero-order valence-electron chi connectivity index (χ0n) is 14.5. The lowest BCUT2D eigenvalue weighted by Gasteiger charge is -2.26. The fraction of sp³-hybridized carbons (Fsp3) is 0.647. The van der Waals surface area contributed by atoms with Crippen molar-refractivity contribution in [1.29, 1.82) is 0 Å². The first-order chi connectivity index (χ1) is 11.9. The van der Waals surface area contributed by atoms with Gasteiger partial charge in [0.15, 0.2) is 11.6 Å². The van der Waals surface area contributed by atoms with E-state index in [4.69, 9.17) is 15.2 Å². The van der Waals surface area contributed by atoms with Crippen LogP contribution in [0.25, 0.3) is 0 Å². The Kier molecular flexibility index (Phi) is 7.66. The van der Waals surface area contributed by atoms with E-state index in [1.807, 2.05) is 0 Å². The molecule has 0 unspecified atom stereocenters. The predicted molar refractivity (Wildman–Crippen MR) is 98.7 cm³/mol. The molecule has 1 heterocycles. The molecule has 1 aromatic rings. The van der Waals surface area contributed by atoms with E-state index in [1.54, 1.807) is 0 Å². The molecule has 26 heavy (non-hydrogen) atoms. The highest BCUT2D eigenvalue weighted by Gasteiger charge is 2.25. The quantitative estimate of drug-likeness (QED) is 0.780. The van der Waals surface area contributed by atoms with Gasteiger partial charge in [-0.2, -0.15) is 0 Å². The SMILES string of the molecule is Cl.NC1CCC(NS(=O)(=O)c2ccc(OC3CCOCC3)c(F)c2)CC1. The molecule has 0 radical (unpaired) electrons. The molecule has 1 aliphatic carbocycles. The summed E-state index contributed by atoms with van der Waals surface area (Å²) in [7, 11) is -3.76. The molecule has 0 amide bonds. The molecule has 6 nitrogen and oxygen atoms in total. The average molecular weight is 409 g/mol. The van der Waals surface area contributed by atoms with E-state index in [-0.39, 0.29) is 41.2 Å². The number of hydrogen-bond donors (Lipinski definition) is 2. The zero-order valence-corrected chi connectivity index (χ0v) is 16.2. The van der Waals surface area contributed by atoms with E-state index in [1.165, 1.54) is 12.1 Å². The summed E-state index contributed by atoms with van der Waals surface area (Å²) in [6.07, 6.45) is 4.28. The molecule has 148 valence electrons. The number of ether oxygens (including phenoxy) is 2. The van der Waals surface area contributed by atoms with E-state index < -0.39 is 15.8 Å². The van der Waals surface area contributed by atoms with Gasteiger partial charge in [-0.15, -0.1) is 12.4 Å². The predicted octanol–water partition coefficient (Wildman–Crippen LogP) is 2.35. The van der Waals surface area contributed by atoms with Gasteiger partial charge in [0, 0.05) is 24.9 Å². The van der Waals surface area contributed by atoms with Crippen LogP contribution in [0.5, 0.6) is 5.75 Å². The summed E-state index contributed by atoms with van der Waals surface area (Å²) >= 11 is 0. The minimum absolute atomic E-state index is 0. The Morgan fingerprint density at radius 1 is 1.12 bits per heavy atom. The van der Waals surface area contributed by atoms with Crippen LogP contribution in [-0.4, -0.2) is 39.8 Å². The summed E-state index contributed by atoms with van der Waals surface area (Å²) in [5.41, 5.74) is 5.84. The first-order valence-electron chi connectivity index (χ1n) is 8.76. The third kappa shape index (κ3) is 5.53. The Labute approximate surface area is 160 Å². The molecule has 1 saturated carbocycles. The summed E-state index contributed by atoms with van der Waals surface area (Å²) in [5, 5.41) is 0. The molecule has 1 saturated heterocycles. The van der Waals surface area contributed by atoms with Crippen molar-refractivity contribution in [3.8, 4) is 5.75 Å². The fourth-order valence-corrected chi connectivity index (χ4v) is 4.56. The van der Waals surface area contributed by atoms with Gasteiger partial charge < -0.3 is 15.2 Å². The molecule has 9 heteroatoms. The molecular formula is C17H26ClFN2O4S. The summed E-state index contributed by atoms with van der Waals surface area (Å²) < 4.78 is 52.8. The number of sulfonamides is 1. The topological polar surface area (TPSA) is 90.7 Å². The highest BCUT2D eigenvalue weighted by Crippen LogP contribution is 2.25. The lowest BCUT2D eigenvalue weighted by Crippen LogP contribution is -2.40. The second-order valence-corrected chi connectivity index (χ2v) is 8.47. The van der Waals surface area contributed by atoms with Gasteiger partial charge in [-0.1, -0.05) is 0 Å². The Morgan fingerprint density at radius 2 is 1.77 bits per heavy atom. The molecule has 1 aromatic carbocycles. The van der Waals surface area contributed by atoms with Gasteiger partial charge >= 0.3 is 0 Å². The number of hydrogen-bond acceptors (Lipinski definition) is 5. The largest absolute Gasteiger partial charge is 0.487 e. The second-order valence-electron chi connectivity index (χ2n) is 6.75. The summed E-state index contributed by atoms with van der Waals surface area (Å²) in [6, 6.07) is 3.78. The number of benzene rings is 1. The monoisotopic (exact) mass is 408 g/mol. The maximum atomic E-state index is 14.3. The number of halogens is 2. The lowest BCUT2D eigenvalue weighted by molar-refractivity contribution is 0.0240. The van der Waals surface area contributed by atoms with Crippen LogP contribution in [-0.2, 0) is 14.8 Å². The molecule has 1 aliphatic heterocycles. The van der Waals surface area contributed by atoms with Crippen molar-refractivity contribution in [2.24, 2.45) is 5.73 Å². The van der Waals surface area contributed by atoms with Gasteiger partial charge in [-0.05, 0) is 43.9 Å². The van der Waals surface area contributed by atoms with Gasteiger partial charge in [-0.25, -0.2) is 17.5 Å². The summed E-state index contributed by atoms with van der Waals surface area (Å²) in [6.45, 7) is 1.18. The van der Waals surface area contributed by atoms with Crippen LogP contribution in [0.2, 0.25) is 0 Å². The van der Waals surface area contributed by atoms with E-state index >= 15 is 0 Å². The number of nitrogens with two attached hydrogens (primary N) is 1. The lowest BCUT2D eigenvalue weighted by atomic mass is 9.93. The summed E-state index contributed by atoms with van der Waals surface area (Å²) in [4.78, 5) is -0.0841. The van der Waals surface area contributed by atoms with Gasteiger partial charge in [0.05, 0.1) is 18.1 Å². The molecule has 3 N–H and O–H groups in total. The maximum Gasteiger partial charge on any atom is 0.240 e. The zero-order chi connectivity index (χ0) is 17.9. The molecular weight excluding hydrogens is 383 g/mol. The standard InChI is InChI=1S/C17H25FN2O4S.ClH/c18-16-11-15(5-6-17(16)24-14-7-9-23-10-8-14)25(21,22)20-13-3-1-12(19)2-4-13;/h5-6,11-14,20H,1-4,7-10,19H2;1H. The Hall–Kier alpha value is -0.930. The smallest absolute Gasteiger partial charge is 0.240 e. The molecule has 0 aromatic heterocycles. The normalized spacial score (nSPS) is 24.7. The third-order valence-corrected chi connectivity index (χ3v) is 6.29. The van der Waals surface area contributed by atoms with E-state index in [9.17, 15) is 12.8 Å². The fourth-order valence-electron chi connectivity index (χ4n) is 3.24. The Bertz CT molecular complexity index is 690. The van der Waals surface area contributed by atoms with Crippen LogP contribution in [0.3, 0.4) is 0 Å². The van der Waals surface area contributed by atoms with Crippen molar-refractivity contribution in [1.82, 2.24) is 4.72 Å². The molecule has 0 bridgehead atoms. The average Bonchev–Trinajstić information content (AvgIpc) is 2.59. The Balaban J connectivity index is 0.00000243. The van der Waals surface area contributed by atoms with Crippen LogP contribution >= 0.6 is 12.4 Å². The Morgan fingerprint density at radius 3 is 2.38 bits per heavy atom. The van der Waals surface area contributed by atoms with Crippen molar-refractivity contribution in [3.05, 3.63) is 24.0 Å². The second kappa shape index (κ2) is 9.32. The van der Waals surface area contributed by atoms with Gasteiger partial charge in [0.25, 0.3) is 0 Å². The maximum absolute atomic E-state index is 14.3. The van der Waals surface area contributed by atoms with Crippen LogP contribution in [0.4, 0.5) is 4.39 Å². The van der Waals surface area contributed by atoms with Crippen molar-refractivity contribution in [2.45, 2.75) is 61.6 Å². The van der Waals surface area contributed by atoms with Crippen molar-refractivity contribution >= 4 is 22.4 Å². The molecule has 3 rings (SSSR count). The minimum atomic E-state index is -3.76. The molecule has 0 atom stereocenters. The van der Waals surface area contributed by atoms with Gasteiger partial charge in [0.2, 0.25) is 10.0 Å². The molecule has 2 fully saturated rings. The number of rotatable bonds is 5. The van der Waals surface area contributed by atoms with Crippen molar-refractivity contribution in [2.75, 3.05) is 13.2 Å². The highest BCUT2D eigenvalue weighted by atomic mass is 35.5.